The predicted octanol–water partition coefficient (Wildman–Crippen LogP) is 7.38. The van der Waals surface area contributed by atoms with E-state index in [1.165, 1.54) is 47.7 Å². The van der Waals surface area contributed by atoms with Crippen molar-refractivity contribution in [2.75, 3.05) is 4.90 Å². The number of carbonyl (C=O) groups excluding carboxylic acids is 1. The summed E-state index contributed by atoms with van der Waals surface area (Å²) in [5.41, 5.74) is 5.30. The number of nitrogens with two attached hydrogens (primary N) is 1. The number of sulfonamides is 1. The lowest BCUT2D eigenvalue weighted by Gasteiger charge is -2.34. The normalized spacial score (nSPS) is 18.1. The molecular weight excluding hydrogens is 592 g/mol. The SMILES string of the molecule is CC.Cn1ccnc1CN(C(=O)[C@H]1C[C@@H]1c1ccccc1)c1ccc2c(c1)CCCC2(C)C.NS(=O)(=O)c1cccc(Cl)c1. The van der Waals surface area contributed by atoms with Crippen LogP contribution in [0.5, 0.6) is 0 Å². The topological polar surface area (TPSA) is 98.3 Å². The molecular formula is C35H43ClN4O3S. The van der Waals surface area contributed by atoms with Gasteiger partial charge in [0, 0.05) is 36.1 Å². The number of carbonyl (C=O) groups is 1. The molecule has 1 saturated carbocycles. The molecule has 234 valence electrons. The molecule has 4 aromatic rings. The van der Waals surface area contributed by atoms with Gasteiger partial charge in [-0.25, -0.2) is 18.5 Å². The molecule has 2 aliphatic rings. The van der Waals surface area contributed by atoms with Crippen LogP contribution in [0.25, 0.3) is 0 Å². The average molecular weight is 635 g/mol. The molecule has 1 amide bonds. The molecule has 0 saturated heterocycles. The molecule has 1 fully saturated rings. The quantitative estimate of drug-likeness (QED) is 0.239. The van der Waals surface area contributed by atoms with Crippen LogP contribution < -0.4 is 10.0 Å². The highest BCUT2D eigenvalue weighted by atomic mass is 35.5. The summed E-state index contributed by atoms with van der Waals surface area (Å²) in [6.07, 6.45) is 8.19. The van der Waals surface area contributed by atoms with Gasteiger partial charge in [0.25, 0.3) is 0 Å². The Labute approximate surface area is 267 Å². The number of fused-ring (bicyclic) bond motifs is 1. The van der Waals surface area contributed by atoms with Gasteiger partial charge < -0.3 is 9.47 Å². The van der Waals surface area contributed by atoms with Gasteiger partial charge in [-0.3, -0.25) is 4.79 Å². The molecule has 44 heavy (non-hydrogen) atoms. The minimum absolute atomic E-state index is 0.0324. The van der Waals surface area contributed by atoms with E-state index in [4.69, 9.17) is 16.7 Å². The maximum Gasteiger partial charge on any atom is 0.238 e. The summed E-state index contributed by atoms with van der Waals surface area (Å²) in [7, 11) is -1.62. The summed E-state index contributed by atoms with van der Waals surface area (Å²) in [6, 6.07) is 22.9. The van der Waals surface area contributed by atoms with Gasteiger partial charge in [0.15, 0.2) is 0 Å². The van der Waals surface area contributed by atoms with Crippen molar-refractivity contribution in [2.24, 2.45) is 18.1 Å². The zero-order valence-electron chi connectivity index (χ0n) is 26.2. The van der Waals surface area contributed by atoms with Gasteiger partial charge in [-0.1, -0.05) is 81.8 Å². The van der Waals surface area contributed by atoms with E-state index in [0.717, 1.165) is 24.4 Å². The van der Waals surface area contributed by atoms with E-state index in [9.17, 15) is 13.2 Å². The Hall–Kier alpha value is -3.46. The Bertz CT molecular complexity index is 1690. The number of aryl methyl sites for hydroxylation is 2. The zero-order chi connectivity index (χ0) is 32.1. The molecule has 1 heterocycles. The number of aromatic nitrogens is 2. The molecule has 0 aliphatic heterocycles. The van der Waals surface area contributed by atoms with Crippen LogP contribution in [0.3, 0.4) is 0 Å². The first-order valence-corrected chi connectivity index (χ1v) is 17.1. The van der Waals surface area contributed by atoms with Gasteiger partial charge in [-0.15, -0.1) is 0 Å². The third-order valence-electron chi connectivity index (χ3n) is 8.32. The number of primary sulfonamides is 1. The summed E-state index contributed by atoms with van der Waals surface area (Å²) >= 11 is 5.53. The molecule has 3 aromatic carbocycles. The van der Waals surface area contributed by atoms with Gasteiger partial charge in [0.05, 0.1) is 11.4 Å². The van der Waals surface area contributed by atoms with Crippen LogP contribution in [-0.4, -0.2) is 23.9 Å². The maximum absolute atomic E-state index is 13.7. The van der Waals surface area contributed by atoms with Crippen LogP contribution in [0.1, 0.15) is 75.4 Å². The molecule has 0 radical (unpaired) electrons. The first kappa shape index (κ1) is 33.4. The van der Waals surface area contributed by atoms with Gasteiger partial charge >= 0.3 is 0 Å². The van der Waals surface area contributed by atoms with E-state index >= 15 is 0 Å². The standard InChI is InChI=1S/C27H31N3O.C6H6ClNO2S.C2H6/c1-27(2)13-7-10-20-16-21(11-12-24(20)27)30(18-25-28-14-15-29(25)3)26(31)23-17-22(23)19-8-5-4-6-9-19;7-5-2-1-3-6(4-5)11(8,9)10;1-2/h4-6,8-9,11-12,14-16,22-23H,7,10,13,17-18H2,1-3H3;1-4H,(H2,8,9,10);1-2H3/t22-,23+;;/m1../s1. The third-order valence-corrected chi connectivity index (χ3v) is 9.47. The highest BCUT2D eigenvalue weighted by Crippen LogP contribution is 2.49. The number of halogens is 1. The molecule has 7 nitrogen and oxygen atoms in total. The summed E-state index contributed by atoms with van der Waals surface area (Å²) < 4.78 is 23.4. The van der Waals surface area contributed by atoms with Gasteiger partial charge in [0.2, 0.25) is 15.9 Å². The first-order valence-electron chi connectivity index (χ1n) is 15.2. The van der Waals surface area contributed by atoms with Crippen LogP contribution in [0.2, 0.25) is 5.02 Å². The van der Waals surface area contributed by atoms with Crippen molar-refractivity contribution in [1.29, 1.82) is 0 Å². The third kappa shape index (κ3) is 7.97. The van der Waals surface area contributed by atoms with Crippen LogP contribution in [0.15, 0.2) is 90.1 Å². The Kier molecular flexibility index (Phi) is 10.7. The Morgan fingerprint density at radius 1 is 1.07 bits per heavy atom. The van der Waals surface area contributed by atoms with Crippen molar-refractivity contribution in [1.82, 2.24) is 9.55 Å². The lowest BCUT2D eigenvalue weighted by Crippen LogP contribution is -2.33. The number of hydrogen-bond donors (Lipinski definition) is 1. The van der Waals surface area contributed by atoms with Crippen molar-refractivity contribution >= 4 is 33.2 Å². The largest absolute Gasteiger partial charge is 0.337 e. The fourth-order valence-electron chi connectivity index (χ4n) is 5.84. The average Bonchev–Trinajstić information content (AvgIpc) is 3.71. The lowest BCUT2D eigenvalue weighted by molar-refractivity contribution is -0.120. The van der Waals surface area contributed by atoms with E-state index in [1.807, 2.05) is 42.6 Å². The molecule has 2 N–H and O–H groups in total. The first-order chi connectivity index (χ1) is 20.9. The minimum Gasteiger partial charge on any atom is -0.337 e. The highest BCUT2D eigenvalue weighted by molar-refractivity contribution is 7.89. The molecule has 6 rings (SSSR count). The molecule has 0 bridgehead atoms. The van der Waals surface area contributed by atoms with Crippen molar-refractivity contribution in [2.45, 2.75) is 76.2 Å². The molecule has 0 spiro atoms. The number of rotatable bonds is 6. The summed E-state index contributed by atoms with van der Waals surface area (Å²) in [5, 5.41) is 5.20. The van der Waals surface area contributed by atoms with Gasteiger partial charge in [0.1, 0.15) is 5.82 Å². The van der Waals surface area contributed by atoms with E-state index in [0.29, 0.717) is 17.5 Å². The number of amides is 1. The predicted molar refractivity (Wildman–Crippen MR) is 178 cm³/mol. The summed E-state index contributed by atoms with van der Waals surface area (Å²) in [4.78, 5) is 20.2. The monoisotopic (exact) mass is 634 g/mol. The van der Waals surface area contributed by atoms with Crippen LogP contribution >= 0.6 is 11.6 Å². The van der Waals surface area contributed by atoms with Crippen molar-refractivity contribution < 1.29 is 13.2 Å². The minimum atomic E-state index is -3.61. The van der Waals surface area contributed by atoms with E-state index in [1.54, 1.807) is 12.3 Å². The lowest BCUT2D eigenvalue weighted by atomic mass is 9.73. The van der Waals surface area contributed by atoms with Gasteiger partial charge in [-0.05, 0) is 84.0 Å². The van der Waals surface area contributed by atoms with E-state index < -0.39 is 10.0 Å². The summed E-state index contributed by atoms with van der Waals surface area (Å²) in [5.74, 6) is 1.50. The van der Waals surface area contributed by atoms with Crippen LogP contribution in [-0.2, 0) is 40.2 Å². The molecule has 1 aromatic heterocycles. The maximum atomic E-state index is 13.7. The molecule has 2 aliphatic carbocycles. The zero-order valence-corrected chi connectivity index (χ0v) is 27.8. The second-order valence-corrected chi connectivity index (χ2v) is 13.8. The number of anilines is 1. The highest BCUT2D eigenvalue weighted by Gasteiger charge is 2.46. The molecule has 2 atom stereocenters. The van der Waals surface area contributed by atoms with Crippen LogP contribution in [0.4, 0.5) is 5.69 Å². The van der Waals surface area contributed by atoms with E-state index in [2.05, 4.69) is 61.3 Å². The number of nitrogens with zero attached hydrogens (tertiary/aromatic N) is 3. The van der Waals surface area contributed by atoms with Crippen molar-refractivity contribution in [3.63, 3.8) is 0 Å². The summed E-state index contributed by atoms with van der Waals surface area (Å²) in [6.45, 7) is 9.16. The Morgan fingerprint density at radius 2 is 1.80 bits per heavy atom. The second-order valence-electron chi connectivity index (χ2n) is 11.8. The Balaban J connectivity index is 0.000000287. The molecule has 0 unspecified atom stereocenters. The fourth-order valence-corrected chi connectivity index (χ4v) is 6.65. The van der Waals surface area contributed by atoms with Crippen molar-refractivity contribution in [3.8, 4) is 0 Å². The number of benzene rings is 3. The van der Waals surface area contributed by atoms with Crippen molar-refractivity contribution in [3.05, 3.63) is 113 Å². The van der Waals surface area contributed by atoms with Gasteiger partial charge in [-0.2, -0.15) is 0 Å². The smallest absolute Gasteiger partial charge is 0.238 e. The number of imidazole rings is 1. The van der Waals surface area contributed by atoms with E-state index in [-0.39, 0.29) is 22.1 Å². The fraction of sp³-hybridized carbons (Fsp3) is 0.371. The van der Waals surface area contributed by atoms with Crippen LogP contribution in [0, 0.1) is 5.92 Å². The molecule has 9 heteroatoms. The number of hydrogen-bond acceptors (Lipinski definition) is 4. The Morgan fingerprint density at radius 3 is 2.41 bits per heavy atom. The second kappa shape index (κ2) is 14.1.